The van der Waals surface area contributed by atoms with E-state index in [2.05, 4.69) is 10.3 Å². The molecule has 5 rings (SSSR count). The standard InChI is InChI=1S/C24H24ClN3O5S/c1-28-21-19(12-18(23(28)30)22(29)27-13-15-2-4-16(25)5-3-15)26-11-8-20(21)33-14-24(9-10-24)34(31,32)17-6-7-17/h2-5,8,11-12,17H,6-7,9-10,13-14H2,1H3,(H,27,29). The minimum Gasteiger partial charge on any atom is -0.490 e. The van der Waals surface area contributed by atoms with Crippen LogP contribution in [0.15, 0.2) is 47.4 Å². The van der Waals surface area contributed by atoms with Crippen LogP contribution in [-0.2, 0) is 23.4 Å². The van der Waals surface area contributed by atoms with Gasteiger partial charge in [-0.05, 0) is 49.4 Å². The van der Waals surface area contributed by atoms with Crippen LogP contribution >= 0.6 is 11.6 Å². The average molecular weight is 502 g/mol. The molecule has 1 aromatic carbocycles. The molecule has 2 heterocycles. The van der Waals surface area contributed by atoms with Crippen LogP contribution in [0.2, 0.25) is 5.02 Å². The molecule has 0 atom stereocenters. The van der Waals surface area contributed by atoms with E-state index >= 15 is 0 Å². The first kappa shape index (κ1) is 22.9. The van der Waals surface area contributed by atoms with E-state index in [9.17, 15) is 18.0 Å². The van der Waals surface area contributed by atoms with E-state index in [-0.39, 0.29) is 24.0 Å². The van der Waals surface area contributed by atoms with Gasteiger partial charge < -0.3 is 14.6 Å². The van der Waals surface area contributed by atoms with Crippen molar-refractivity contribution in [1.82, 2.24) is 14.9 Å². The van der Waals surface area contributed by atoms with Gasteiger partial charge in [-0.2, -0.15) is 0 Å². The van der Waals surface area contributed by atoms with Crippen molar-refractivity contribution >= 4 is 38.4 Å². The average Bonchev–Trinajstić information content (AvgIpc) is 3.73. The number of aryl methyl sites for hydroxylation is 1. The Bertz CT molecular complexity index is 1440. The SMILES string of the molecule is Cn1c(=O)c(C(=O)NCc2ccc(Cl)cc2)cc2nccc(OCC3(S(=O)(=O)C4CC4)CC3)c21. The third-order valence-corrected chi connectivity index (χ3v) is 9.88. The third-order valence-electron chi connectivity index (χ3n) is 6.54. The highest BCUT2D eigenvalue weighted by atomic mass is 35.5. The minimum atomic E-state index is -3.21. The van der Waals surface area contributed by atoms with Crippen molar-refractivity contribution in [2.45, 2.75) is 42.2 Å². The van der Waals surface area contributed by atoms with E-state index in [4.69, 9.17) is 16.3 Å². The van der Waals surface area contributed by atoms with Gasteiger partial charge >= 0.3 is 0 Å². The summed E-state index contributed by atoms with van der Waals surface area (Å²) in [6, 6.07) is 10.1. The van der Waals surface area contributed by atoms with Crippen LogP contribution < -0.4 is 15.6 Å². The Hall–Kier alpha value is -2.91. The Morgan fingerprint density at radius 1 is 1.24 bits per heavy atom. The van der Waals surface area contributed by atoms with Crippen molar-refractivity contribution in [2.75, 3.05) is 6.61 Å². The first-order chi connectivity index (χ1) is 16.2. The molecule has 0 unspecified atom stereocenters. The number of hydrogen-bond acceptors (Lipinski definition) is 6. The smallest absolute Gasteiger partial charge is 0.263 e. The predicted octanol–water partition coefficient (Wildman–Crippen LogP) is 3.01. The zero-order valence-corrected chi connectivity index (χ0v) is 20.2. The van der Waals surface area contributed by atoms with Crippen LogP contribution in [0.25, 0.3) is 11.0 Å². The highest BCUT2D eigenvalue weighted by molar-refractivity contribution is 7.94. The zero-order valence-electron chi connectivity index (χ0n) is 18.6. The lowest BCUT2D eigenvalue weighted by molar-refractivity contribution is 0.0949. The Morgan fingerprint density at radius 2 is 1.94 bits per heavy atom. The monoisotopic (exact) mass is 501 g/mol. The summed E-state index contributed by atoms with van der Waals surface area (Å²) in [5.74, 6) is -0.145. The topological polar surface area (TPSA) is 107 Å². The number of benzene rings is 1. The molecular weight excluding hydrogens is 478 g/mol. The molecule has 0 radical (unpaired) electrons. The molecule has 34 heavy (non-hydrogen) atoms. The van der Waals surface area contributed by atoms with Gasteiger partial charge in [0.15, 0.2) is 9.84 Å². The summed E-state index contributed by atoms with van der Waals surface area (Å²) in [6.07, 6.45) is 4.14. The summed E-state index contributed by atoms with van der Waals surface area (Å²) < 4.78 is 32.0. The maximum Gasteiger partial charge on any atom is 0.263 e. The van der Waals surface area contributed by atoms with E-state index in [0.717, 1.165) is 18.4 Å². The summed E-state index contributed by atoms with van der Waals surface area (Å²) in [5.41, 5.74) is 1.14. The number of amides is 1. The van der Waals surface area contributed by atoms with Gasteiger partial charge in [0.1, 0.15) is 28.2 Å². The van der Waals surface area contributed by atoms with Crippen molar-refractivity contribution in [2.24, 2.45) is 7.05 Å². The second-order valence-corrected chi connectivity index (χ2v) is 12.0. The molecule has 10 heteroatoms. The molecule has 2 aliphatic rings. The number of nitrogens with zero attached hydrogens (tertiary/aromatic N) is 2. The number of ether oxygens (including phenoxy) is 1. The second kappa shape index (κ2) is 8.39. The third kappa shape index (κ3) is 4.07. The Labute approximate surface area is 201 Å². The maximum absolute atomic E-state index is 13.0. The number of halogens is 1. The summed E-state index contributed by atoms with van der Waals surface area (Å²) in [6.45, 7) is 0.286. The van der Waals surface area contributed by atoms with E-state index in [1.54, 1.807) is 37.4 Å². The lowest BCUT2D eigenvalue weighted by Gasteiger charge is -2.18. The lowest BCUT2D eigenvalue weighted by atomic mass is 10.2. The summed E-state index contributed by atoms with van der Waals surface area (Å²) in [5, 5.41) is 3.10. The summed E-state index contributed by atoms with van der Waals surface area (Å²) in [7, 11) is -1.67. The molecule has 2 saturated carbocycles. The predicted molar refractivity (Wildman–Crippen MR) is 129 cm³/mol. The van der Waals surface area contributed by atoms with Crippen LogP contribution in [0, 0.1) is 0 Å². The van der Waals surface area contributed by atoms with Gasteiger partial charge in [0.2, 0.25) is 0 Å². The molecule has 2 aromatic heterocycles. The number of rotatable bonds is 8. The number of pyridine rings is 2. The van der Waals surface area contributed by atoms with Crippen molar-refractivity contribution in [1.29, 1.82) is 0 Å². The van der Waals surface area contributed by atoms with Crippen LogP contribution in [0.1, 0.15) is 41.6 Å². The van der Waals surface area contributed by atoms with Crippen LogP contribution in [0.3, 0.4) is 0 Å². The van der Waals surface area contributed by atoms with Crippen molar-refractivity contribution < 1.29 is 17.9 Å². The van der Waals surface area contributed by atoms with E-state index in [0.29, 0.717) is 34.6 Å². The Balaban J connectivity index is 1.38. The van der Waals surface area contributed by atoms with Crippen molar-refractivity contribution in [3.63, 3.8) is 0 Å². The van der Waals surface area contributed by atoms with Gasteiger partial charge in [0.05, 0.1) is 10.8 Å². The normalized spacial score (nSPS) is 16.9. The van der Waals surface area contributed by atoms with E-state index < -0.39 is 26.1 Å². The second-order valence-electron chi connectivity index (χ2n) is 8.99. The highest BCUT2D eigenvalue weighted by Crippen LogP contribution is 2.50. The molecule has 1 N–H and O–H groups in total. The van der Waals surface area contributed by atoms with E-state index in [1.165, 1.54) is 16.8 Å². The Morgan fingerprint density at radius 3 is 2.59 bits per heavy atom. The quantitative estimate of drug-likeness (QED) is 0.508. The fourth-order valence-corrected chi connectivity index (χ4v) is 6.61. The molecule has 0 bridgehead atoms. The van der Waals surface area contributed by atoms with Crippen molar-refractivity contribution in [3.8, 4) is 5.75 Å². The molecule has 3 aromatic rings. The molecule has 2 fully saturated rings. The van der Waals surface area contributed by atoms with Gasteiger partial charge in [-0.15, -0.1) is 0 Å². The number of carbonyl (C=O) groups is 1. The van der Waals surface area contributed by atoms with Crippen LogP contribution in [0.5, 0.6) is 5.75 Å². The van der Waals surface area contributed by atoms with Gasteiger partial charge in [0.25, 0.3) is 11.5 Å². The molecular formula is C24H24ClN3O5S. The molecule has 0 aliphatic heterocycles. The maximum atomic E-state index is 13.0. The first-order valence-corrected chi connectivity index (χ1v) is 13.0. The number of hydrogen-bond donors (Lipinski definition) is 1. The molecule has 8 nitrogen and oxygen atoms in total. The van der Waals surface area contributed by atoms with Crippen LogP contribution in [-0.4, -0.2) is 40.5 Å². The molecule has 178 valence electrons. The largest absolute Gasteiger partial charge is 0.490 e. The van der Waals surface area contributed by atoms with Gasteiger partial charge in [-0.3, -0.25) is 14.6 Å². The van der Waals surface area contributed by atoms with Gasteiger partial charge in [0, 0.05) is 30.9 Å². The highest BCUT2D eigenvalue weighted by Gasteiger charge is 2.60. The number of carbonyl (C=O) groups excluding carboxylic acids is 1. The molecule has 0 spiro atoms. The van der Waals surface area contributed by atoms with E-state index in [1.807, 2.05) is 0 Å². The fraction of sp³-hybridized carbons (Fsp3) is 0.375. The first-order valence-electron chi connectivity index (χ1n) is 11.1. The number of sulfone groups is 1. The zero-order chi connectivity index (χ0) is 24.1. The molecule has 2 aliphatic carbocycles. The summed E-state index contributed by atoms with van der Waals surface area (Å²) in [4.78, 5) is 30.1. The van der Waals surface area contributed by atoms with Gasteiger partial charge in [-0.25, -0.2) is 8.42 Å². The lowest BCUT2D eigenvalue weighted by Crippen LogP contribution is -2.34. The summed E-state index contributed by atoms with van der Waals surface area (Å²) >= 11 is 5.89. The number of nitrogens with one attached hydrogen (secondary N) is 1. The van der Waals surface area contributed by atoms with Crippen molar-refractivity contribution in [3.05, 3.63) is 69.1 Å². The molecule has 1 amide bonds. The Kier molecular flexibility index (Phi) is 5.64. The fourth-order valence-electron chi connectivity index (χ4n) is 4.13. The molecule has 0 saturated heterocycles. The van der Waals surface area contributed by atoms with Crippen LogP contribution in [0.4, 0.5) is 0 Å². The van der Waals surface area contributed by atoms with Gasteiger partial charge in [-0.1, -0.05) is 23.7 Å². The number of aromatic nitrogens is 2. The number of fused-ring (bicyclic) bond motifs is 1. The minimum absolute atomic E-state index is 0.0383.